The third-order valence-electron chi connectivity index (χ3n) is 3.55. The Labute approximate surface area is 112 Å². The zero-order valence-corrected chi connectivity index (χ0v) is 11.1. The van der Waals surface area contributed by atoms with Crippen molar-refractivity contribution < 1.29 is 9.53 Å². The van der Waals surface area contributed by atoms with Gasteiger partial charge in [0, 0.05) is 35.8 Å². The summed E-state index contributed by atoms with van der Waals surface area (Å²) in [6, 6.07) is 7.76. The maximum Gasteiger partial charge on any atom is 0.254 e. The molecule has 0 aliphatic carbocycles. The summed E-state index contributed by atoms with van der Waals surface area (Å²) in [7, 11) is 0. The number of nitrogens with one attached hydrogen (secondary N) is 1. The van der Waals surface area contributed by atoms with Crippen molar-refractivity contribution in [3.63, 3.8) is 0 Å². The highest BCUT2D eigenvalue weighted by atomic mass is 16.5. The molecule has 100 valence electrons. The molecule has 3 rings (SSSR count). The predicted octanol–water partition coefficient (Wildman–Crippen LogP) is 2.28. The van der Waals surface area contributed by atoms with Crippen molar-refractivity contribution in [1.82, 2.24) is 9.88 Å². The van der Waals surface area contributed by atoms with Gasteiger partial charge in [0.2, 0.25) is 0 Å². The van der Waals surface area contributed by atoms with E-state index in [9.17, 15) is 4.79 Å². The Morgan fingerprint density at radius 3 is 3.21 bits per heavy atom. The third kappa shape index (κ3) is 2.36. The summed E-state index contributed by atoms with van der Waals surface area (Å²) in [6.45, 7) is 4.91. The minimum Gasteiger partial charge on any atom is -0.379 e. The first-order valence-electron chi connectivity index (χ1n) is 6.69. The average Bonchev–Trinajstić information content (AvgIpc) is 2.79. The third-order valence-corrected chi connectivity index (χ3v) is 3.55. The highest BCUT2D eigenvalue weighted by Gasteiger charge is 2.22. The number of hydrogen-bond donors (Lipinski definition) is 1. The zero-order chi connectivity index (χ0) is 13.2. The molecule has 19 heavy (non-hydrogen) atoms. The van der Waals surface area contributed by atoms with Crippen LogP contribution < -0.4 is 0 Å². The number of aromatic nitrogens is 1. The fraction of sp³-hybridized carbons (Fsp3) is 0.400. The van der Waals surface area contributed by atoms with Gasteiger partial charge in [0.15, 0.2) is 0 Å². The van der Waals surface area contributed by atoms with Crippen LogP contribution in [0.4, 0.5) is 0 Å². The number of hydrogen-bond acceptors (Lipinski definition) is 2. The van der Waals surface area contributed by atoms with E-state index in [0.29, 0.717) is 19.1 Å². The number of carbonyl (C=O) groups excluding carboxylic acids is 1. The van der Waals surface area contributed by atoms with Crippen LogP contribution in [0.3, 0.4) is 0 Å². The first-order valence-corrected chi connectivity index (χ1v) is 6.69. The number of H-pyrrole nitrogens is 1. The van der Waals surface area contributed by atoms with Crippen molar-refractivity contribution in [2.45, 2.75) is 6.92 Å². The monoisotopic (exact) mass is 258 g/mol. The molecule has 1 aliphatic heterocycles. The lowest BCUT2D eigenvalue weighted by Gasteiger charge is -2.22. The molecule has 0 bridgehead atoms. The molecule has 1 N–H and O–H groups in total. The molecule has 1 amide bonds. The van der Waals surface area contributed by atoms with Crippen LogP contribution in [0.15, 0.2) is 30.5 Å². The van der Waals surface area contributed by atoms with Gasteiger partial charge in [-0.3, -0.25) is 4.79 Å². The molecular weight excluding hydrogens is 240 g/mol. The zero-order valence-electron chi connectivity index (χ0n) is 11.1. The van der Waals surface area contributed by atoms with Crippen LogP contribution in [-0.2, 0) is 4.74 Å². The van der Waals surface area contributed by atoms with Crippen molar-refractivity contribution in [3.05, 3.63) is 36.0 Å². The number of nitrogens with zero attached hydrogens (tertiary/aromatic N) is 1. The minimum atomic E-state index is 0.0996. The van der Waals surface area contributed by atoms with Gasteiger partial charge in [-0.15, -0.1) is 0 Å². The molecule has 1 aromatic heterocycles. The van der Waals surface area contributed by atoms with E-state index in [-0.39, 0.29) is 5.91 Å². The summed E-state index contributed by atoms with van der Waals surface area (Å²) < 4.78 is 5.50. The predicted molar refractivity (Wildman–Crippen MR) is 74.2 cm³/mol. The van der Waals surface area contributed by atoms with Gasteiger partial charge in [0.25, 0.3) is 5.91 Å². The fourth-order valence-corrected chi connectivity index (χ4v) is 2.61. The standard InChI is InChI=1S/C15H18N2O2/c1-11-9-17(7-8-19-10-11)15(18)13-3-2-4-14-12(13)5-6-16-14/h2-6,11,16H,7-10H2,1H3. The lowest BCUT2D eigenvalue weighted by Crippen LogP contribution is -2.35. The molecule has 0 saturated carbocycles. The van der Waals surface area contributed by atoms with Crippen molar-refractivity contribution >= 4 is 16.8 Å². The van der Waals surface area contributed by atoms with Gasteiger partial charge >= 0.3 is 0 Å². The first kappa shape index (κ1) is 12.2. The number of amides is 1. The Hall–Kier alpha value is -1.81. The van der Waals surface area contributed by atoms with E-state index in [0.717, 1.165) is 29.6 Å². The Morgan fingerprint density at radius 2 is 2.32 bits per heavy atom. The van der Waals surface area contributed by atoms with Gasteiger partial charge in [0.05, 0.1) is 13.2 Å². The average molecular weight is 258 g/mol. The van der Waals surface area contributed by atoms with Crippen LogP contribution in [0.5, 0.6) is 0 Å². The Bertz CT molecular complexity index is 591. The Kier molecular flexibility index (Phi) is 3.25. The van der Waals surface area contributed by atoms with Crippen molar-refractivity contribution in [2.24, 2.45) is 5.92 Å². The number of aromatic amines is 1. The van der Waals surface area contributed by atoms with Crippen molar-refractivity contribution in [2.75, 3.05) is 26.3 Å². The summed E-state index contributed by atoms with van der Waals surface area (Å²) in [5.74, 6) is 0.486. The van der Waals surface area contributed by atoms with E-state index in [1.807, 2.05) is 35.4 Å². The van der Waals surface area contributed by atoms with Crippen LogP contribution in [0.1, 0.15) is 17.3 Å². The normalized spacial score (nSPS) is 20.5. The van der Waals surface area contributed by atoms with Crippen molar-refractivity contribution in [1.29, 1.82) is 0 Å². The first-order chi connectivity index (χ1) is 9.25. The molecule has 1 atom stereocenters. The molecule has 2 aromatic rings. The number of rotatable bonds is 1. The SMILES string of the molecule is CC1COCCN(C(=O)c2cccc3[nH]ccc23)C1. The molecule has 4 heteroatoms. The molecule has 1 aromatic carbocycles. The van der Waals surface area contributed by atoms with Gasteiger partial charge in [-0.2, -0.15) is 0 Å². The van der Waals surface area contributed by atoms with E-state index < -0.39 is 0 Å². The van der Waals surface area contributed by atoms with Crippen LogP contribution in [-0.4, -0.2) is 42.1 Å². The molecule has 4 nitrogen and oxygen atoms in total. The summed E-state index contributed by atoms with van der Waals surface area (Å²) in [5.41, 5.74) is 1.78. The largest absolute Gasteiger partial charge is 0.379 e. The smallest absolute Gasteiger partial charge is 0.254 e. The Balaban J connectivity index is 1.92. The number of carbonyl (C=O) groups is 1. The highest BCUT2D eigenvalue weighted by Crippen LogP contribution is 2.20. The van der Waals surface area contributed by atoms with Gasteiger partial charge in [0.1, 0.15) is 0 Å². The number of fused-ring (bicyclic) bond motifs is 1. The van der Waals surface area contributed by atoms with Crippen LogP contribution >= 0.6 is 0 Å². The van der Waals surface area contributed by atoms with E-state index in [2.05, 4.69) is 11.9 Å². The maximum absolute atomic E-state index is 12.7. The molecular formula is C15H18N2O2. The molecule has 0 radical (unpaired) electrons. The van der Waals surface area contributed by atoms with Gasteiger partial charge in [-0.25, -0.2) is 0 Å². The van der Waals surface area contributed by atoms with Crippen LogP contribution in [0.2, 0.25) is 0 Å². The summed E-state index contributed by atoms with van der Waals surface area (Å²) in [5, 5.41) is 0.991. The lowest BCUT2D eigenvalue weighted by molar-refractivity contribution is 0.0740. The molecule has 2 heterocycles. The summed E-state index contributed by atoms with van der Waals surface area (Å²) in [4.78, 5) is 17.7. The topological polar surface area (TPSA) is 45.3 Å². The van der Waals surface area contributed by atoms with E-state index in [1.54, 1.807) is 0 Å². The van der Waals surface area contributed by atoms with E-state index >= 15 is 0 Å². The lowest BCUT2D eigenvalue weighted by atomic mass is 10.1. The second-order valence-corrected chi connectivity index (χ2v) is 5.18. The molecule has 0 spiro atoms. The number of ether oxygens (including phenoxy) is 1. The molecule has 1 unspecified atom stereocenters. The van der Waals surface area contributed by atoms with E-state index in [4.69, 9.17) is 4.74 Å². The quantitative estimate of drug-likeness (QED) is 0.853. The molecule has 1 fully saturated rings. The summed E-state index contributed by atoms with van der Waals surface area (Å²) in [6.07, 6.45) is 1.87. The molecule has 1 aliphatic rings. The minimum absolute atomic E-state index is 0.0996. The van der Waals surface area contributed by atoms with Gasteiger partial charge in [-0.05, 0) is 24.1 Å². The molecule has 1 saturated heterocycles. The second-order valence-electron chi connectivity index (χ2n) is 5.18. The van der Waals surface area contributed by atoms with Crippen LogP contribution in [0.25, 0.3) is 10.9 Å². The van der Waals surface area contributed by atoms with Crippen LogP contribution in [0, 0.1) is 5.92 Å². The highest BCUT2D eigenvalue weighted by molar-refractivity contribution is 6.06. The van der Waals surface area contributed by atoms with Gasteiger partial charge < -0.3 is 14.6 Å². The van der Waals surface area contributed by atoms with E-state index in [1.165, 1.54) is 0 Å². The maximum atomic E-state index is 12.7. The number of benzene rings is 1. The van der Waals surface area contributed by atoms with Gasteiger partial charge in [-0.1, -0.05) is 13.0 Å². The van der Waals surface area contributed by atoms with Crippen molar-refractivity contribution in [3.8, 4) is 0 Å². The summed E-state index contributed by atoms with van der Waals surface area (Å²) >= 11 is 0. The Morgan fingerprint density at radius 1 is 1.42 bits per heavy atom. The fourth-order valence-electron chi connectivity index (χ4n) is 2.61. The second kappa shape index (κ2) is 5.05.